The monoisotopic (exact) mass is 422 g/mol. The van der Waals surface area contributed by atoms with Gasteiger partial charge >= 0.3 is 6.03 Å². The third-order valence-electron chi connectivity index (χ3n) is 4.79. The van der Waals surface area contributed by atoms with Gasteiger partial charge in [0.2, 0.25) is 0 Å². The van der Waals surface area contributed by atoms with E-state index in [1.807, 2.05) is 10.8 Å². The van der Waals surface area contributed by atoms with E-state index in [2.05, 4.69) is 5.32 Å². The molecule has 2 aromatic rings. The zero-order valence-corrected chi connectivity index (χ0v) is 17.5. The molecule has 28 heavy (non-hydrogen) atoms. The predicted molar refractivity (Wildman–Crippen MR) is 107 cm³/mol. The van der Waals surface area contributed by atoms with E-state index < -0.39 is 25.9 Å². The number of sulfone groups is 1. The minimum atomic E-state index is -4.25. The molecule has 9 heteroatoms. The van der Waals surface area contributed by atoms with Crippen LogP contribution in [0.15, 0.2) is 40.1 Å². The molecule has 2 N–H and O–H groups in total. The highest BCUT2D eigenvalue weighted by Crippen LogP contribution is 2.30. The molecule has 0 fully saturated rings. The standard InChI is InChI=1S/C19H22N2O5S2/c1-12-6-4-7-13(2)18(12)20-19(22)21-28(25,26)16-11-17-15(10-14(16)3)8-5-9-27(17,23)24/h4,6-7,10-11H,5,8-9H2,1-3H3,(H2,20,21,22). The van der Waals surface area contributed by atoms with Gasteiger partial charge in [-0.3, -0.25) is 0 Å². The van der Waals surface area contributed by atoms with E-state index in [9.17, 15) is 21.6 Å². The summed E-state index contributed by atoms with van der Waals surface area (Å²) in [5, 5.41) is 2.55. The summed E-state index contributed by atoms with van der Waals surface area (Å²) in [5.41, 5.74) is 3.12. The lowest BCUT2D eigenvalue weighted by Gasteiger charge is -2.19. The highest BCUT2D eigenvalue weighted by atomic mass is 32.2. The summed E-state index contributed by atoms with van der Waals surface area (Å²) in [4.78, 5) is 12.1. The van der Waals surface area contributed by atoms with E-state index in [1.165, 1.54) is 0 Å². The molecule has 2 aromatic carbocycles. The smallest absolute Gasteiger partial charge is 0.307 e. The number of fused-ring (bicyclic) bond motifs is 1. The number of anilines is 1. The molecule has 7 nitrogen and oxygen atoms in total. The maximum absolute atomic E-state index is 12.8. The molecule has 2 amide bonds. The average molecular weight is 423 g/mol. The lowest BCUT2D eigenvalue weighted by molar-refractivity contribution is 0.256. The first kappa shape index (κ1) is 20.3. The van der Waals surface area contributed by atoms with Gasteiger partial charge in [-0.25, -0.2) is 26.4 Å². The number of sulfonamides is 1. The van der Waals surface area contributed by atoms with Crippen molar-refractivity contribution in [1.29, 1.82) is 0 Å². The third kappa shape index (κ3) is 3.90. The molecule has 0 saturated carbocycles. The molecule has 0 spiro atoms. The van der Waals surface area contributed by atoms with E-state index in [0.717, 1.165) is 17.2 Å². The Balaban J connectivity index is 1.92. The second-order valence-electron chi connectivity index (χ2n) is 6.97. The highest BCUT2D eigenvalue weighted by Gasteiger charge is 2.28. The van der Waals surface area contributed by atoms with Crippen LogP contribution < -0.4 is 10.0 Å². The molecule has 1 aliphatic rings. The van der Waals surface area contributed by atoms with Gasteiger partial charge in [0.15, 0.2) is 9.84 Å². The number of carbonyl (C=O) groups is 1. The van der Waals surface area contributed by atoms with Gasteiger partial charge in [-0.1, -0.05) is 24.3 Å². The molecule has 0 bridgehead atoms. The Morgan fingerprint density at radius 3 is 2.32 bits per heavy atom. The lowest BCUT2D eigenvalue weighted by Crippen LogP contribution is -2.35. The van der Waals surface area contributed by atoms with Gasteiger partial charge in [0.25, 0.3) is 10.0 Å². The van der Waals surface area contributed by atoms with E-state index in [-0.39, 0.29) is 15.5 Å². The second-order valence-corrected chi connectivity index (χ2v) is 10.7. The largest absolute Gasteiger partial charge is 0.333 e. The molecule has 0 saturated heterocycles. The van der Waals surface area contributed by atoms with Crippen LogP contribution in [0, 0.1) is 20.8 Å². The quantitative estimate of drug-likeness (QED) is 0.790. The summed E-state index contributed by atoms with van der Waals surface area (Å²) in [5.74, 6) is -0.0109. The minimum absolute atomic E-state index is 0.0109. The fourth-order valence-electron chi connectivity index (χ4n) is 3.39. The fourth-order valence-corrected chi connectivity index (χ4v) is 6.23. The first-order valence-corrected chi connectivity index (χ1v) is 11.9. The van der Waals surface area contributed by atoms with E-state index >= 15 is 0 Å². The normalized spacial score (nSPS) is 15.5. The SMILES string of the molecule is Cc1cc2c(cc1S(=O)(=O)NC(=O)Nc1c(C)cccc1C)S(=O)(=O)CCC2. The van der Waals surface area contributed by atoms with E-state index in [1.54, 1.807) is 39.0 Å². The number of carbonyl (C=O) groups excluding carboxylic acids is 1. The molecule has 1 heterocycles. The minimum Gasteiger partial charge on any atom is -0.307 e. The van der Waals surface area contributed by atoms with Crippen LogP contribution in [0.3, 0.4) is 0 Å². The lowest BCUT2D eigenvalue weighted by atomic mass is 10.1. The van der Waals surface area contributed by atoms with E-state index in [4.69, 9.17) is 0 Å². The van der Waals surface area contributed by atoms with Crippen LogP contribution in [0.25, 0.3) is 0 Å². The first-order chi connectivity index (χ1) is 13.0. The summed E-state index contributed by atoms with van der Waals surface area (Å²) in [6, 6.07) is 7.27. The Labute approximate surface area is 165 Å². The molecular weight excluding hydrogens is 400 g/mol. The molecule has 0 atom stereocenters. The highest BCUT2D eigenvalue weighted by molar-refractivity contribution is 7.92. The van der Waals surface area contributed by atoms with E-state index in [0.29, 0.717) is 29.7 Å². The summed E-state index contributed by atoms with van der Waals surface area (Å²) < 4.78 is 52.1. The molecule has 3 rings (SSSR count). The number of rotatable bonds is 3. The van der Waals surface area contributed by atoms with Crippen molar-refractivity contribution in [3.63, 3.8) is 0 Å². The number of amides is 2. The number of hydrogen-bond donors (Lipinski definition) is 2. The van der Waals surface area contributed by atoms with Gasteiger partial charge in [0.1, 0.15) is 0 Å². The number of nitrogens with one attached hydrogen (secondary N) is 2. The number of para-hydroxylation sites is 1. The topological polar surface area (TPSA) is 109 Å². The zero-order valence-electron chi connectivity index (χ0n) is 15.9. The number of aryl methyl sites for hydroxylation is 4. The van der Waals surface area contributed by atoms with Crippen LogP contribution in [0.5, 0.6) is 0 Å². The molecule has 0 radical (unpaired) electrons. The molecule has 0 aromatic heterocycles. The zero-order chi connectivity index (χ0) is 20.7. The number of hydrogen-bond acceptors (Lipinski definition) is 5. The van der Waals surface area contributed by atoms with Crippen LogP contribution in [-0.4, -0.2) is 28.6 Å². The van der Waals surface area contributed by atoms with Crippen molar-refractivity contribution >= 4 is 31.6 Å². The van der Waals surface area contributed by atoms with Crippen molar-refractivity contribution in [3.8, 4) is 0 Å². The summed E-state index contributed by atoms with van der Waals surface area (Å²) in [7, 11) is -7.77. The van der Waals surface area contributed by atoms with Gasteiger partial charge in [-0.05, 0) is 61.9 Å². The van der Waals surface area contributed by atoms with Gasteiger partial charge in [-0.15, -0.1) is 0 Å². The van der Waals surface area contributed by atoms with Crippen molar-refractivity contribution in [2.45, 2.75) is 43.4 Å². The summed E-state index contributed by atoms with van der Waals surface area (Å²) >= 11 is 0. The average Bonchev–Trinajstić information content (AvgIpc) is 2.57. The Morgan fingerprint density at radius 1 is 1.04 bits per heavy atom. The van der Waals surface area contributed by atoms with Crippen LogP contribution in [0.1, 0.15) is 28.7 Å². The maximum Gasteiger partial charge on any atom is 0.333 e. The van der Waals surface area contributed by atoms with Crippen molar-refractivity contribution < 1.29 is 21.6 Å². The van der Waals surface area contributed by atoms with Crippen LogP contribution in [0.4, 0.5) is 10.5 Å². The van der Waals surface area contributed by atoms with Gasteiger partial charge in [-0.2, -0.15) is 0 Å². The Morgan fingerprint density at radius 2 is 1.68 bits per heavy atom. The van der Waals surface area contributed by atoms with Crippen LogP contribution >= 0.6 is 0 Å². The maximum atomic E-state index is 12.8. The third-order valence-corrected chi connectivity index (χ3v) is 8.14. The Hall–Kier alpha value is -2.39. The molecule has 0 aliphatic carbocycles. The molecule has 0 unspecified atom stereocenters. The van der Waals surface area contributed by atoms with Gasteiger partial charge < -0.3 is 5.32 Å². The summed E-state index contributed by atoms with van der Waals surface area (Å²) in [6.45, 7) is 5.19. The first-order valence-electron chi connectivity index (χ1n) is 8.77. The van der Waals surface area contributed by atoms with Gasteiger partial charge in [0.05, 0.1) is 15.5 Å². The van der Waals surface area contributed by atoms with Crippen LogP contribution in [0.2, 0.25) is 0 Å². The Bertz CT molecular complexity index is 1150. The van der Waals surface area contributed by atoms with Crippen molar-refractivity contribution in [2.24, 2.45) is 0 Å². The number of benzene rings is 2. The number of urea groups is 1. The Kier molecular flexibility index (Phi) is 5.24. The molecule has 1 aliphatic heterocycles. The molecular formula is C19H22N2O5S2. The second kappa shape index (κ2) is 7.21. The van der Waals surface area contributed by atoms with Crippen LogP contribution in [-0.2, 0) is 26.3 Å². The van der Waals surface area contributed by atoms with Crippen molar-refractivity contribution in [1.82, 2.24) is 4.72 Å². The van der Waals surface area contributed by atoms with Gasteiger partial charge in [0, 0.05) is 5.69 Å². The summed E-state index contributed by atoms with van der Waals surface area (Å²) in [6.07, 6.45) is 1.09. The van der Waals surface area contributed by atoms with Crippen molar-refractivity contribution in [3.05, 3.63) is 52.6 Å². The van der Waals surface area contributed by atoms with Crippen molar-refractivity contribution in [2.75, 3.05) is 11.1 Å². The predicted octanol–water partition coefficient (Wildman–Crippen LogP) is 2.84. The fraction of sp³-hybridized carbons (Fsp3) is 0.316. The molecule has 150 valence electrons.